The van der Waals surface area contributed by atoms with Gasteiger partial charge < -0.3 is 15.2 Å². The molecule has 1 aromatic carbocycles. The number of aliphatic imine (C=N–C) groups is 1. The van der Waals surface area contributed by atoms with E-state index in [1.54, 1.807) is 0 Å². The van der Waals surface area contributed by atoms with Crippen LogP contribution in [0.1, 0.15) is 43.0 Å². The number of rotatable bonds is 5. The van der Waals surface area contributed by atoms with Gasteiger partial charge in [-0.1, -0.05) is 23.2 Å². The monoisotopic (exact) mass is 526 g/mol. The van der Waals surface area contributed by atoms with Gasteiger partial charge in [-0.15, -0.1) is 34.2 Å². The Bertz CT molecular complexity index is 837. The molecule has 0 amide bonds. The average Bonchev–Trinajstić information content (AvgIpc) is 3.35. The van der Waals surface area contributed by atoms with Crippen molar-refractivity contribution in [3.8, 4) is 0 Å². The van der Waals surface area contributed by atoms with Gasteiger partial charge in [-0.2, -0.15) is 0 Å². The van der Waals surface area contributed by atoms with Gasteiger partial charge in [-0.3, -0.25) is 0 Å². The molecular formula is C17H22Cl2FIN6. The van der Waals surface area contributed by atoms with Gasteiger partial charge in [0.2, 0.25) is 0 Å². The number of aryl methyl sites for hydroxylation is 1. The minimum absolute atomic E-state index is 0. The molecule has 2 aromatic rings. The number of guanidine groups is 1. The van der Waals surface area contributed by atoms with Crippen LogP contribution in [-0.2, 0) is 13.6 Å². The highest BCUT2D eigenvalue weighted by Crippen LogP contribution is 2.28. The van der Waals surface area contributed by atoms with Crippen molar-refractivity contribution in [2.75, 3.05) is 0 Å². The zero-order chi connectivity index (χ0) is 18.8. The fourth-order valence-electron chi connectivity index (χ4n) is 2.45. The molecule has 1 unspecified atom stereocenters. The maximum absolute atomic E-state index is 13.8. The number of nitrogens with zero attached hydrogens (tertiary/aromatic N) is 4. The lowest BCUT2D eigenvalue weighted by molar-refractivity contribution is 0.615. The number of aromatic nitrogens is 3. The summed E-state index contributed by atoms with van der Waals surface area (Å²) in [6.45, 7) is 4.17. The molecule has 1 aromatic heterocycles. The van der Waals surface area contributed by atoms with Crippen LogP contribution in [0, 0.1) is 12.7 Å². The van der Waals surface area contributed by atoms with Gasteiger partial charge in [0, 0.05) is 18.1 Å². The third-order valence-corrected chi connectivity index (χ3v) is 4.96. The molecule has 1 saturated carbocycles. The van der Waals surface area contributed by atoms with Crippen LogP contribution in [-0.4, -0.2) is 26.8 Å². The van der Waals surface area contributed by atoms with E-state index in [-0.39, 0.29) is 35.0 Å². The first-order valence-corrected chi connectivity index (χ1v) is 9.17. The van der Waals surface area contributed by atoms with Gasteiger partial charge in [0.1, 0.15) is 18.2 Å². The summed E-state index contributed by atoms with van der Waals surface area (Å²) in [5.41, 5.74) is 0.619. The molecule has 0 bridgehead atoms. The normalized spacial score (nSPS) is 15.3. The average molecular weight is 527 g/mol. The van der Waals surface area contributed by atoms with E-state index in [0.29, 0.717) is 29.1 Å². The van der Waals surface area contributed by atoms with E-state index in [2.05, 4.69) is 25.8 Å². The van der Waals surface area contributed by atoms with E-state index in [9.17, 15) is 4.39 Å². The van der Waals surface area contributed by atoms with E-state index in [0.717, 1.165) is 24.5 Å². The number of halogens is 4. The Kier molecular flexibility index (Phi) is 7.70. The summed E-state index contributed by atoms with van der Waals surface area (Å²) in [4.78, 5) is 4.59. The van der Waals surface area contributed by atoms with E-state index in [1.165, 1.54) is 12.1 Å². The molecule has 3 rings (SSSR count). The summed E-state index contributed by atoms with van der Waals surface area (Å²) in [5.74, 6) is 1.73. The fourth-order valence-corrected chi connectivity index (χ4v) is 2.99. The van der Waals surface area contributed by atoms with Gasteiger partial charge in [0.15, 0.2) is 11.8 Å². The van der Waals surface area contributed by atoms with E-state index >= 15 is 0 Å². The fraction of sp³-hybridized carbons (Fsp3) is 0.471. The molecule has 1 heterocycles. The Hall–Kier alpha value is -1.13. The van der Waals surface area contributed by atoms with Crippen molar-refractivity contribution in [3.63, 3.8) is 0 Å². The van der Waals surface area contributed by atoms with Gasteiger partial charge in [0.25, 0.3) is 0 Å². The zero-order valence-electron chi connectivity index (χ0n) is 15.3. The minimum Gasteiger partial charge on any atom is -0.354 e. The lowest BCUT2D eigenvalue weighted by Gasteiger charge is -2.20. The molecule has 1 aliphatic carbocycles. The van der Waals surface area contributed by atoms with Crippen molar-refractivity contribution >= 4 is 53.1 Å². The van der Waals surface area contributed by atoms with Crippen molar-refractivity contribution < 1.29 is 4.39 Å². The Balaban J connectivity index is 0.00000261. The van der Waals surface area contributed by atoms with Crippen LogP contribution in [0.4, 0.5) is 4.39 Å². The molecule has 27 heavy (non-hydrogen) atoms. The highest BCUT2D eigenvalue weighted by atomic mass is 127. The Morgan fingerprint density at radius 3 is 2.63 bits per heavy atom. The topological polar surface area (TPSA) is 67.1 Å². The Morgan fingerprint density at radius 1 is 1.33 bits per heavy atom. The molecular weight excluding hydrogens is 505 g/mol. The molecule has 1 fully saturated rings. The molecule has 148 valence electrons. The Morgan fingerprint density at radius 2 is 2.04 bits per heavy atom. The molecule has 0 saturated heterocycles. The SMILES string of the molecule is Cc1nnc(CN=C(NC2CC2)NC(C)c2cc(F)c(Cl)cc2Cl)n1C.I. The van der Waals surface area contributed by atoms with Crippen molar-refractivity contribution in [3.05, 3.63) is 45.2 Å². The number of hydrogen-bond donors (Lipinski definition) is 2. The first-order valence-electron chi connectivity index (χ1n) is 8.42. The smallest absolute Gasteiger partial charge is 0.192 e. The quantitative estimate of drug-likeness (QED) is 0.266. The summed E-state index contributed by atoms with van der Waals surface area (Å²) in [6.07, 6.45) is 2.21. The number of hydrogen-bond acceptors (Lipinski definition) is 3. The van der Waals surface area contributed by atoms with E-state index in [4.69, 9.17) is 23.2 Å². The maximum Gasteiger partial charge on any atom is 0.192 e. The van der Waals surface area contributed by atoms with Crippen LogP contribution in [0.25, 0.3) is 0 Å². The zero-order valence-corrected chi connectivity index (χ0v) is 19.1. The summed E-state index contributed by atoms with van der Waals surface area (Å²) in [7, 11) is 1.90. The predicted octanol–water partition coefficient (Wildman–Crippen LogP) is 4.15. The highest BCUT2D eigenvalue weighted by molar-refractivity contribution is 14.0. The van der Waals surface area contributed by atoms with Crippen LogP contribution >= 0.6 is 47.2 Å². The molecule has 0 radical (unpaired) electrons. The van der Waals surface area contributed by atoms with Crippen LogP contribution < -0.4 is 10.6 Å². The summed E-state index contributed by atoms with van der Waals surface area (Å²) < 4.78 is 15.7. The number of nitrogens with one attached hydrogen (secondary N) is 2. The molecule has 6 nitrogen and oxygen atoms in total. The largest absolute Gasteiger partial charge is 0.354 e. The van der Waals surface area contributed by atoms with Crippen molar-refractivity contribution in [2.45, 2.75) is 45.3 Å². The van der Waals surface area contributed by atoms with Gasteiger partial charge >= 0.3 is 0 Å². The molecule has 2 N–H and O–H groups in total. The molecule has 0 aliphatic heterocycles. The third-order valence-electron chi connectivity index (χ3n) is 4.34. The minimum atomic E-state index is -0.497. The van der Waals surface area contributed by atoms with Crippen molar-refractivity contribution in [1.82, 2.24) is 25.4 Å². The van der Waals surface area contributed by atoms with Crippen LogP contribution in [0.2, 0.25) is 10.0 Å². The van der Waals surface area contributed by atoms with E-state index in [1.807, 2.05) is 25.5 Å². The van der Waals surface area contributed by atoms with Gasteiger partial charge in [-0.05, 0) is 44.4 Å². The van der Waals surface area contributed by atoms with Gasteiger partial charge in [-0.25, -0.2) is 9.38 Å². The molecule has 1 aliphatic rings. The standard InChI is InChI=1S/C17H21Cl2FN6.HI/c1-9(12-6-15(20)14(19)7-13(12)18)22-17(23-11-4-5-11)21-8-16-25-24-10(2)26(16)3;/h6-7,9,11H,4-5,8H2,1-3H3,(H2,21,22,23);1H. The van der Waals surface area contributed by atoms with Gasteiger partial charge in [0.05, 0.1) is 11.1 Å². The van der Waals surface area contributed by atoms with Crippen LogP contribution in [0.15, 0.2) is 17.1 Å². The lowest BCUT2D eigenvalue weighted by Crippen LogP contribution is -2.40. The van der Waals surface area contributed by atoms with Crippen LogP contribution in [0.5, 0.6) is 0 Å². The molecule has 0 spiro atoms. The third kappa shape index (κ3) is 5.68. The molecule has 1 atom stereocenters. The number of benzene rings is 1. The Labute approximate surface area is 185 Å². The first-order chi connectivity index (χ1) is 12.3. The second-order valence-corrected chi connectivity index (χ2v) is 7.27. The van der Waals surface area contributed by atoms with Crippen LogP contribution in [0.3, 0.4) is 0 Å². The highest BCUT2D eigenvalue weighted by Gasteiger charge is 2.24. The second-order valence-electron chi connectivity index (χ2n) is 6.46. The summed E-state index contributed by atoms with van der Waals surface area (Å²) in [6, 6.07) is 2.93. The predicted molar refractivity (Wildman–Crippen MR) is 116 cm³/mol. The second kappa shape index (κ2) is 9.38. The molecule has 10 heteroatoms. The lowest BCUT2D eigenvalue weighted by atomic mass is 10.1. The summed E-state index contributed by atoms with van der Waals surface area (Å²) >= 11 is 12.0. The van der Waals surface area contributed by atoms with Crippen molar-refractivity contribution in [1.29, 1.82) is 0 Å². The maximum atomic E-state index is 13.8. The summed E-state index contributed by atoms with van der Waals surface area (Å²) in [5, 5.41) is 15.2. The van der Waals surface area contributed by atoms with E-state index < -0.39 is 5.82 Å². The first kappa shape index (κ1) is 22.2. The van der Waals surface area contributed by atoms with Crippen molar-refractivity contribution in [2.24, 2.45) is 12.0 Å².